The standard InChI is InChI=1S/C21H24N4O3S/c1-16-7-8-19(13-17(16)2)29(27,28)25-11-9-24(10-12-25)15-21(26)23-20-6-4-3-5-18(20)14-22/h3-8,13H,9-12,15H2,1-2H3,(H,23,26)/p+1. The first-order valence-electron chi connectivity index (χ1n) is 9.51. The first kappa shape index (κ1) is 21.0. The van der Waals surface area contributed by atoms with Gasteiger partial charge >= 0.3 is 0 Å². The van der Waals surface area contributed by atoms with Crippen LogP contribution in [0.1, 0.15) is 16.7 Å². The molecule has 1 fully saturated rings. The average Bonchev–Trinajstić information content (AvgIpc) is 2.70. The largest absolute Gasteiger partial charge is 0.325 e. The van der Waals surface area contributed by atoms with Gasteiger partial charge in [-0.2, -0.15) is 9.57 Å². The first-order valence-corrected chi connectivity index (χ1v) is 10.9. The maximum Gasteiger partial charge on any atom is 0.279 e. The molecule has 0 aromatic heterocycles. The van der Waals surface area contributed by atoms with Crippen LogP contribution in [-0.4, -0.2) is 51.4 Å². The highest BCUT2D eigenvalue weighted by Gasteiger charge is 2.31. The maximum atomic E-state index is 12.9. The molecule has 1 saturated heterocycles. The number of hydrogen-bond donors (Lipinski definition) is 2. The molecular weight excluding hydrogens is 388 g/mol. The van der Waals surface area contributed by atoms with Crippen molar-refractivity contribution >= 4 is 21.6 Å². The fourth-order valence-corrected chi connectivity index (χ4v) is 4.88. The van der Waals surface area contributed by atoms with Gasteiger partial charge in [0.25, 0.3) is 5.91 Å². The number of anilines is 1. The van der Waals surface area contributed by atoms with Crippen molar-refractivity contribution in [3.63, 3.8) is 0 Å². The molecular formula is C21H25N4O3S+. The molecule has 8 heteroatoms. The molecule has 7 nitrogen and oxygen atoms in total. The van der Waals surface area contributed by atoms with Crippen molar-refractivity contribution in [2.45, 2.75) is 18.7 Å². The molecule has 29 heavy (non-hydrogen) atoms. The van der Waals surface area contributed by atoms with Gasteiger partial charge in [-0.3, -0.25) is 4.79 Å². The minimum Gasteiger partial charge on any atom is -0.325 e. The van der Waals surface area contributed by atoms with Gasteiger partial charge in [0.1, 0.15) is 6.07 Å². The predicted molar refractivity (Wildman–Crippen MR) is 110 cm³/mol. The number of nitrogens with zero attached hydrogens (tertiary/aromatic N) is 2. The molecule has 1 amide bonds. The lowest BCUT2D eigenvalue weighted by Crippen LogP contribution is -3.15. The number of sulfonamides is 1. The first-order chi connectivity index (χ1) is 13.8. The second-order valence-electron chi connectivity index (χ2n) is 7.28. The summed E-state index contributed by atoms with van der Waals surface area (Å²) in [5.41, 5.74) is 2.92. The Kier molecular flexibility index (Phi) is 6.33. The zero-order valence-electron chi connectivity index (χ0n) is 16.6. The number of quaternary nitrogens is 1. The molecule has 0 bridgehead atoms. The molecule has 1 heterocycles. The number of nitriles is 1. The van der Waals surface area contributed by atoms with Crippen LogP contribution in [0.2, 0.25) is 0 Å². The van der Waals surface area contributed by atoms with Crippen molar-refractivity contribution < 1.29 is 18.1 Å². The second kappa shape index (κ2) is 8.74. The van der Waals surface area contributed by atoms with E-state index in [4.69, 9.17) is 5.26 Å². The summed E-state index contributed by atoms with van der Waals surface area (Å²) in [6.45, 7) is 5.93. The van der Waals surface area contributed by atoms with Crippen molar-refractivity contribution in [3.05, 3.63) is 59.2 Å². The van der Waals surface area contributed by atoms with E-state index in [2.05, 4.69) is 11.4 Å². The quantitative estimate of drug-likeness (QED) is 0.755. The van der Waals surface area contributed by atoms with Crippen molar-refractivity contribution in [2.24, 2.45) is 0 Å². The van der Waals surface area contributed by atoms with E-state index < -0.39 is 10.0 Å². The number of amides is 1. The van der Waals surface area contributed by atoms with E-state index in [0.717, 1.165) is 16.0 Å². The maximum absolute atomic E-state index is 12.9. The highest BCUT2D eigenvalue weighted by atomic mass is 32.2. The number of para-hydroxylation sites is 1. The molecule has 0 spiro atoms. The fraction of sp³-hybridized carbons (Fsp3) is 0.333. The van der Waals surface area contributed by atoms with Crippen molar-refractivity contribution in [1.29, 1.82) is 5.26 Å². The minimum atomic E-state index is -3.53. The van der Waals surface area contributed by atoms with Crippen molar-refractivity contribution in [2.75, 3.05) is 38.0 Å². The summed E-state index contributed by atoms with van der Waals surface area (Å²) in [5.74, 6) is -0.187. The van der Waals surface area contributed by atoms with Gasteiger partial charge in [-0.25, -0.2) is 8.42 Å². The van der Waals surface area contributed by atoms with Gasteiger partial charge in [-0.1, -0.05) is 18.2 Å². The molecule has 0 atom stereocenters. The second-order valence-corrected chi connectivity index (χ2v) is 9.22. The van der Waals surface area contributed by atoms with Crippen LogP contribution in [0.3, 0.4) is 0 Å². The van der Waals surface area contributed by atoms with Crippen molar-refractivity contribution in [1.82, 2.24) is 4.31 Å². The summed E-state index contributed by atoms with van der Waals surface area (Å²) in [6.07, 6.45) is 0. The minimum absolute atomic E-state index is 0.187. The monoisotopic (exact) mass is 413 g/mol. The van der Waals surface area contributed by atoms with E-state index in [1.807, 2.05) is 19.9 Å². The molecule has 1 aliphatic rings. The summed E-state index contributed by atoms with van der Waals surface area (Å²) in [6, 6.07) is 14.1. The predicted octanol–water partition coefficient (Wildman–Crippen LogP) is 0.703. The molecule has 152 valence electrons. The fourth-order valence-electron chi connectivity index (χ4n) is 3.35. The van der Waals surface area contributed by atoms with Crippen LogP contribution in [0.5, 0.6) is 0 Å². The number of carbonyl (C=O) groups excluding carboxylic acids is 1. The van der Waals surface area contributed by atoms with E-state index in [9.17, 15) is 13.2 Å². The molecule has 0 saturated carbocycles. The zero-order valence-corrected chi connectivity index (χ0v) is 17.4. The Labute approximate surface area is 171 Å². The van der Waals surface area contributed by atoms with E-state index in [1.165, 1.54) is 4.31 Å². The molecule has 1 aliphatic heterocycles. The Morgan fingerprint density at radius 1 is 1.14 bits per heavy atom. The summed E-state index contributed by atoms with van der Waals surface area (Å²) < 4.78 is 27.3. The smallest absolute Gasteiger partial charge is 0.279 e. The zero-order chi connectivity index (χ0) is 21.0. The van der Waals surface area contributed by atoms with Crippen LogP contribution < -0.4 is 10.2 Å². The van der Waals surface area contributed by atoms with Crippen LogP contribution in [0.25, 0.3) is 0 Å². The molecule has 2 aromatic carbocycles. The van der Waals surface area contributed by atoms with Crippen LogP contribution in [0.15, 0.2) is 47.4 Å². The number of piperazine rings is 1. The molecule has 2 N–H and O–H groups in total. The number of carbonyl (C=O) groups is 1. The van der Waals surface area contributed by atoms with Gasteiger partial charge in [0.15, 0.2) is 6.54 Å². The summed E-state index contributed by atoms with van der Waals surface area (Å²) >= 11 is 0. The number of aryl methyl sites for hydroxylation is 2. The highest BCUT2D eigenvalue weighted by Crippen LogP contribution is 2.19. The van der Waals surface area contributed by atoms with Gasteiger partial charge < -0.3 is 10.2 Å². The number of hydrogen-bond acceptors (Lipinski definition) is 4. The molecule has 2 aromatic rings. The Morgan fingerprint density at radius 2 is 1.83 bits per heavy atom. The van der Waals surface area contributed by atoms with Crippen LogP contribution in [0.4, 0.5) is 5.69 Å². The molecule has 0 aliphatic carbocycles. The lowest BCUT2D eigenvalue weighted by molar-refractivity contribution is -0.895. The summed E-state index contributed by atoms with van der Waals surface area (Å²) in [7, 11) is -3.53. The summed E-state index contributed by atoms with van der Waals surface area (Å²) in [4.78, 5) is 13.7. The average molecular weight is 414 g/mol. The SMILES string of the molecule is Cc1ccc(S(=O)(=O)N2CC[NH+](CC(=O)Nc3ccccc3C#N)CC2)cc1C. The van der Waals surface area contributed by atoms with E-state index in [0.29, 0.717) is 42.3 Å². The van der Waals surface area contributed by atoms with Crippen LogP contribution >= 0.6 is 0 Å². The van der Waals surface area contributed by atoms with Gasteiger partial charge in [-0.15, -0.1) is 0 Å². The Balaban J connectivity index is 1.58. The van der Waals surface area contributed by atoms with E-state index in [-0.39, 0.29) is 12.5 Å². The lowest BCUT2D eigenvalue weighted by atomic mass is 10.1. The Bertz CT molecular complexity index is 1050. The number of benzene rings is 2. The summed E-state index contributed by atoms with van der Waals surface area (Å²) in [5, 5.41) is 11.9. The third-order valence-electron chi connectivity index (χ3n) is 5.28. The van der Waals surface area contributed by atoms with Crippen LogP contribution in [0, 0.1) is 25.2 Å². The normalized spacial score (nSPS) is 15.6. The van der Waals surface area contributed by atoms with Gasteiger partial charge in [0, 0.05) is 0 Å². The van der Waals surface area contributed by atoms with E-state index in [1.54, 1.807) is 36.4 Å². The third-order valence-corrected chi connectivity index (χ3v) is 7.17. The van der Waals surface area contributed by atoms with Gasteiger partial charge in [-0.05, 0) is 49.2 Å². The number of rotatable bonds is 5. The Morgan fingerprint density at radius 3 is 2.48 bits per heavy atom. The van der Waals surface area contributed by atoms with Gasteiger partial charge in [0.2, 0.25) is 10.0 Å². The number of nitrogens with one attached hydrogen (secondary N) is 2. The molecule has 0 unspecified atom stereocenters. The van der Waals surface area contributed by atoms with Crippen LogP contribution in [-0.2, 0) is 14.8 Å². The van der Waals surface area contributed by atoms with Crippen molar-refractivity contribution in [3.8, 4) is 6.07 Å². The highest BCUT2D eigenvalue weighted by molar-refractivity contribution is 7.89. The van der Waals surface area contributed by atoms with Gasteiger partial charge in [0.05, 0.1) is 42.3 Å². The molecule has 3 rings (SSSR count). The molecule has 0 radical (unpaired) electrons. The topological polar surface area (TPSA) is 94.7 Å². The lowest BCUT2D eigenvalue weighted by Gasteiger charge is -2.31. The Hall–Kier alpha value is -2.73. The van der Waals surface area contributed by atoms with E-state index >= 15 is 0 Å². The third kappa shape index (κ3) is 4.82.